The van der Waals surface area contributed by atoms with Gasteiger partial charge in [0.25, 0.3) is 5.91 Å². The van der Waals surface area contributed by atoms with Crippen molar-refractivity contribution < 1.29 is 4.79 Å². The molecule has 0 spiro atoms. The van der Waals surface area contributed by atoms with E-state index < -0.39 is 0 Å². The van der Waals surface area contributed by atoms with E-state index in [0.29, 0.717) is 5.69 Å². The van der Waals surface area contributed by atoms with Gasteiger partial charge in [-0.25, -0.2) is 0 Å². The van der Waals surface area contributed by atoms with Gasteiger partial charge in [0.1, 0.15) is 5.69 Å². The first-order valence-electron chi connectivity index (χ1n) is 5.14. The monoisotopic (exact) mass is 287 g/mol. The van der Waals surface area contributed by atoms with Crippen molar-refractivity contribution in [2.45, 2.75) is 26.3 Å². The molecule has 1 heterocycles. The largest absolute Gasteiger partial charge is 0.334 e. The average molecular weight is 288 g/mol. The summed E-state index contributed by atoms with van der Waals surface area (Å²) in [5.74, 6) is -0.00690. The molecule has 0 aliphatic heterocycles. The van der Waals surface area contributed by atoms with Crippen molar-refractivity contribution in [1.82, 2.24) is 14.7 Å². The van der Waals surface area contributed by atoms with Gasteiger partial charge in [0, 0.05) is 25.0 Å². The Kier molecular flexibility index (Phi) is 3.78. The van der Waals surface area contributed by atoms with Gasteiger partial charge in [-0.2, -0.15) is 5.10 Å². The summed E-state index contributed by atoms with van der Waals surface area (Å²) >= 11 is 3.42. The highest BCUT2D eigenvalue weighted by Crippen LogP contribution is 2.18. The number of aryl methyl sites for hydroxylation is 2. The maximum absolute atomic E-state index is 12.2. The molecule has 1 rings (SSSR count). The summed E-state index contributed by atoms with van der Waals surface area (Å²) in [6.07, 6.45) is 0. The molecule has 0 fully saturated rings. The molecule has 1 aromatic rings. The maximum atomic E-state index is 12.2. The Morgan fingerprint density at radius 2 is 2.19 bits per heavy atom. The second-order valence-corrected chi connectivity index (χ2v) is 5.17. The highest BCUT2D eigenvalue weighted by atomic mass is 79.9. The number of aromatic nitrogens is 2. The third-order valence-corrected chi connectivity index (χ3v) is 4.13. The molecule has 16 heavy (non-hydrogen) atoms. The van der Waals surface area contributed by atoms with E-state index in [1.807, 2.05) is 33.9 Å². The van der Waals surface area contributed by atoms with E-state index in [-0.39, 0.29) is 11.4 Å². The van der Waals surface area contributed by atoms with Crippen molar-refractivity contribution in [1.29, 1.82) is 0 Å². The number of nitrogens with zero attached hydrogens (tertiary/aromatic N) is 3. The predicted molar refractivity (Wildman–Crippen MR) is 67.9 cm³/mol. The Balaban J connectivity index is 2.99. The molecule has 0 radical (unpaired) electrons. The Morgan fingerprint density at radius 1 is 1.62 bits per heavy atom. The summed E-state index contributed by atoms with van der Waals surface area (Å²) in [5, 5.41) is 4.92. The molecule has 0 bridgehead atoms. The minimum Gasteiger partial charge on any atom is -0.334 e. The van der Waals surface area contributed by atoms with Crippen LogP contribution in [0.4, 0.5) is 0 Å². The molecule has 0 N–H and O–H groups in total. The van der Waals surface area contributed by atoms with Crippen molar-refractivity contribution in [3.8, 4) is 0 Å². The zero-order valence-electron chi connectivity index (χ0n) is 10.4. The first-order valence-corrected chi connectivity index (χ1v) is 6.26. The van der Waals surface area contributed by atoms with Gasteiger partial charge in [-0.3, -0.25) is 9.48 Å². The van der Waals surface area contributed by atoms with Gasteiger partial charge in [-0.1, -0.05) is 15.9 Å². The first kappa shape index (κ1) is 13.2. The minimum atomic E-state index is -0.213. The number of hydrogen-bond acceptors (Lipinski definition) is 2. The Bertz CT molecular complexity index is 398. The number of amides is 1. The fourth-order valence-electron chi connectivity index (χ4n) is 1.35. The summed E-state index contributed by atoms with van der Waals surface area (Å²) < 4.78 is 1.62. The molecule has 5 heteroatoms. The molecular weight excluding hydrogens is 270 g/mol. The molecule has 90 valence electrons. The fraction of sp³-hybridized carbons (Fsp3) is 0.636. The maximum Gasteiger partial charge on any atom is 0.272 e. The Morgan fingerprint density at radius 3 is 2.56 bits per heavy atom. The molecular formula is C11H18BrN3O. The Labute approximate surface area is 105 Å². The van der Waals surface area contributed by atoms with Crippen LogP contribution in [0.1, 0.15) is 30.0 Å². The number of rotatable bonds is 3. The van der Waals surface area contributed by atoms with E-state index >= 15 is 0 Å². The fourth-order valence-corrected chi connectivity index (χ4v) is 1.72. The molecule has 0 saturated carbocycles. The van der Waals surface area contributed by atoms with Gasteiger partial charge in [-0.05, 0) is 26.8 Å². The van der Waals surface area contributed by atoms with Crippen LogP contribution in [-0.4, -0.2) is 38.5 Å². The first-order chi connectivity index (χ1) is 7.29. The molecule has 0 saturated heterocycles. The number of halogens is 1. The lowest BCUT2D eigenvalue weighted by Gasteiger charge is -2.33. The van der Waals surface area contributed by atoms with E-state index in [9.17, 15) is 4.79 Å². The van der Waals surface area contributed by atoms with E-state index in [4.69, 9.17) is 0 Å². The Hall–Kier alpha value is -0.840. The molecule has 0 unspecified atom stereocenters. The van der Waals surface area contributed by atoms with Gasteiger partial charge >= 0.3 is 0 Å². The van der Waals surface area contributed by atoms with Gasteiger partial charge in [0.2, 0.25) is 0 Å². The van der Waals surface area contributed by atoms with Crippen LogP contribution in [0.5, 0.6) is 0 Å². The zero-order valence-corrected chi connectivity index (χ0v) is 12.0. The second kappa shape index (κ2) is 4.57. The summed E-state index contributed by atoms with van der Waals surface area (Å²) in [5.41, 5.74) is 1.26. The van der Waals surface area contributed by atoms with Crippen LogP contribution in [0.2, 0.25) is 0 Å². The highest BCUT2D eigenvalue weighted by Gasteiger charge is 2.28. The summed E-state index contributed by atoms with van der Waals surface area (Å²) in [6, 6.07) is 1.81. The van der Waals surface area contributed by atoms with Crippen LogP contribution < -0.4 is 0 Å². The van der Waals surface area contributed by atoms with Crippen LogP contribution in [0, 0.1) is 6.92 Å². The molecule has 0 aliphatic rings. The van der Waals surface area contributed by atoms with Crippen LogP contribution in [0.25, 0.3) is 0 Å². The van der Waals surface area contributed by atoms with Crippen LogP contribution in [-0.2, 0) is 7.05 Å². The summed E-state index contributed by atoms with van der Waals surface area (Å²) in [4.78, 5) is 14.0. The van der Waals surface area contributed by atoms with E-state index in [1.54, 1.807) is 16.6 Å². The van der Waals surface area contributed by atoms with Gasteiger partial charge < -0.3 is 4.90 Å². The summed E-state index contributed by atoms with van der Waals surface area (Å²) in [6.45, 7) is 5.91. The van der Waals surface area contributed by atoms with E-state index in [1.165, 1.54) is 0 Å². The molecule has 0 aliphatic carbocycles. The number of carbonyl (C=O) groups is 1. The van der Waals surface area contributed by atoms with Crippen molar-refractivity contribution >= 4 is 21.8 Å². The van der Waals surface area contributed by atoms with E-state index in [2.05, 4.69) is 21.0 Å². The van der Waals surface area contributed by atoms with Crippen LogP contribution >= 0.6 is 15.9 Å². The molecule has 4 nitrogen and oxygen atoms in total. The normalized spacial score (nSPS) is 11.6. The third-order valence-electron chi connectivity index (χ3n) is 2.76. The average Bonchev–Trinajstić information content (AvgIpc) is 2.55. The van der Waals surface area contributed by atoms with Crippen molar-refractivity contribution in [3.05, 3.63) is 17.5 Å². The number of alkyl halides is 1. The number of carbonyl (C=O) groups excluding carboxylic acids is 1. The van der Waals surface area contributed by atoms with Crippen LogP contribution in [0.3, 0.4) is 0 Å². The van der Waals surface area contributed by atoms with Gasteiger partial charge in [0.05, 0.1) is 5.69 Å². The highest BCUT2D eigenvalue weighted by molar-refractivity contribution is 9.09. The molecule has 0 atom stereocenters. The molecule has 1 amide bonds. The summed E-state index contributed by atoms with van der Waals surface area (Å²) in [7, 11) is 3.60. The topological polar surface area (TPSA) is 38.1 Å². The molecule has 0 aromatic carbocycles. The van der Waals surface area contributed by atoms with Crippen molar-refractivity contribution in [3.63, 3.8) is 0 Å². The lowest BCUT2D eigenvalue weighted by molar-refractivity contribution is 0.0652. The standard InChI is InChI=1S/C11H18BrN3O/c1-8-6-9(15(5)13-8)10(16)14(4)11(2,3)7-12/h6H,7H2,1-5H3. The SMILES string of the molecule is Cc1cc(C(=O)N(C)C(C)(C)CBr)n(C)n1. The lowest BCUT2D eigenvalue weighted by Crippen LogP contribution is -2.46. The van der Waals surface area contributed by atoms with Crippen molar-refractivity contribution in [2.75, 3.05) is 12.4 Å². The lowest BCUT2D eigenvalue weighted by atomic mass is 10.1. The van der Waals surface area contributed by atoms with Gasteiger partial charge in [0.15, 0.2) is 0 Å². The zero-order chi connectivity index (χ0) is 12.5. The number of hydrogen-bond donors (Lipinski definition) is 0. The van der Waals surface area contributed by atoms with Crippen molar-refractivity contribution in [2.24, 2.45) is 7.05 Å². The predicted octanol–water partition coefficient (Wildman–Crippen LogP) is 1.97. The minimum absolute atomic E-state index is 0.00690. The van der Waals surface area contributed by atoms with Gasteiger partial charge in [-0.15, -0.1) is 0 Å². The second-order valence-electron chi connectivity index (χ2n) is 4.60. The van der Waals surface area contributed by atoms with Crippen LogP contribution in [0.15, 0.2) is 6.07 Å². The smallest absolute Gasteiger partial charge is 0.272 e. The quantitative estimate of drug-likeness (QED) is 0.798. The van der Waals surface area contributed by atoms with E-state index in [0.717, 1.165) is 11.0 Å². The third kappa shape index (κ3) is 2.45. The molecule has 1 aromatic heterocycles.